The number of nitrogens with one attached hydrogen (secondary N) is 2. The smallest absolute Gasteiger partial charge is 0.225 e. The van der Waals surface area contributed by atoms with E-state index in [1.165, 1.54) is 5.56 Å². The molecule has 0 unspecified atom stereocenters. The van der Waals surface area contributed by atoms with Gasteiger partial charge in [-0.2, -0.15) is 4.98 Å². The molecule has 140 valence electrons. The second-order valence-electron chi connectivity index (χ2n) is 6.35. The molecular formula is C22H18Cl2N4. The summed E-state index contributed by atoms with van der Waals surface area (Å²) >= 11 is 12.1. The summed E-state index contributed by atoms with van der Waals surface area (Å²) in [7, 11) is 0. The lowest BCUT2D eigenvalue weighted by molar-refractivity contribution is 1.05. The van der Waals surface area contributed by atoms with Crippen LogP contribution in [-0.2, 0) is 13.1 Å². The summed E-state index contributed by atoms with van der Waals surface area (Å²) in [6, 6.07) is 23.7. The normalized spacial score (nSPS) is 10.8. The zero-order valence-electron chi connectivity index (χ0n) is 15.0. The summed E-state index contributed by atoms with van der Waals surface area (Å²) in [4.78, 5) is 9.30. The highest BCUT2D eigenvalue weighted by molar-refractivity contribution is 6.42. The van der Waals surface area contributed by atoms with Crippen molar-refractivity contribution in [2.45, 2.75) is 13.1 Å². The Bertz CT molecular complexity index is 1100. The highest BCUT2D eigenvalue weighted by Gasteiger charge is 2.08. The fourth-order valence-corrected chi connectivity index (χ4v) is 3.22. The molecule has 0 amide bonds. The highest BCUT2D eigenvalue weighted by Crippen LogP contribution is 2.24. The third-order valence-electron chi connectivity index (χ3n) is 4.34. The molecule has 0 aliphatic rings. The monoisotopic (exact) mass is 408 g/mol. The first-order valence-corrected chi connectivity index (χ1v) is 9.67. The van der Waals surface area contributed by atoms with Crippen LogP contribution in [0, 0.1) is 0 Å². The molecule has 28 heavy (non-hydrogen) atoms. The van der Waals surface area contributed by atoms with Crippen LogP contribution in [0.5, 0.6) is 0 Å². The van der Waals surface area contributed by atoms with Crippen LogP contribution >= 0.6 is 23.2 Å². The van der Waals surface area contributed by atoms with Crippen molar-refractivity contribution in [1.29, 1.82) is 0 Å². The quantitative estimate of drug-likeness (QED) is 0.400. The van der Waals surface area contributed by atoms with Crippen molar-refractivity contribution in [3.63, 3.8) is 0 Å². The van der Waals surface area contributed by atoms with Gasteiger partial charge in [-0.15, -0.1) is 0 Å². The van der Waals surface area contributed by atoms with Crippen molar-refractivity contribution in [1.82, 2.24) is 9.97 Å². The number of benzene rings is 3. The van der Waals surface area contributed by atoms with Gasteiger partial charge in [-0.05, 0) is 35.4 Å². The van der Waals surface area contributed by atoms with Gasteiger partial charge in [0.05, 0.1) is 15.6 Å². The molecule has 0 atom stereocenters. The van der Waals surface area contributed by atoms with Crippen molar-refractivity contribution in [3.05, 3.63) is 94.0 Å². The molecule has 4 rings (SSSR count). The predicted octanol–water partition coefficient (Wildman–Crippen LogP) is 6.16. The number of anilines is 2. The molecule has 0 saturated carbocycles. The van der Waals surface area contributed by atoms with Gasteiger partial charge in [0.2, 0.25) is 5.95 Å². The SMILES string of the molecule is Clc1ccc(CNc2nc(NCc3ccccc3)c3ccccc3n2)cc1Cl. The lowest BCUT2D eigenvalue weighted by Gasteiger charge is -2.12. The maximum atomic E-state index is 6.10. The van der Waals surface area contributed by atoms with Gasteiger partial charge in [-0.1, -0.05) is 71.7 Å². The van der Waals surface area contributed by atoms with E-state index in [0.29, 0.717) is 29.1 Å². The van der Waals surface area contributed by atoms with Crippen molar-refractivity contribution >= 4 is 45.9 Å². The van der Waals surface area contributed by atoms with Gasteiger partial charge in [0.1, 0.15) is 5.82 Å². The summed E-state index contributed by atoms with van der Waals surface area (Å²) in [5.41, 5.74) is 3.07. The Kier molecular flexibility index (Phi) is 5.60. The molecule has 6 heteroatoms. The molecular weight excluding hydrogens is 391 g/mol. The number of nitrogens with zero attached hydrogens (tertiary/aromatic N) is 2. The maximum absolute atomic E-state index is 6.10. The van der Waals surface area contributed by atoms with E-state index >= 15 is 0 Å². The molecule has 2 N–H and O–H groups in total. The molecule has 0 aliphatic heterocycles. The Morgan fingerprint density at radius 3 is 2.25 bits per heavy atom. The average molecular weight is 409 g/mol. The Balaban J connectivity index is 1.57. The molecule has 3 aromatic carbocycles. The average Bonchev–Trinajstić information content (AvgIpc) is 2.73. The maximum Gasteiger partial charge on any atom is 0.225 e. The Labute approximate surface area is 173 Å². The van der Waals surface area contributed by atoms with Crippen LogP contribution in [0.3, 0.4) is 0 Å². The van der Waals surface area contributed by atoms with Crippen LogP contribution in [-0.4, -0.2) is 9.97 Å². The van der Waals surface area contributed by atoms with Crippen LogP contribution in [0.4, 0.5) is 11.8 Å². The number of hydrogen-bond donors (Lipinski definition) is 2. The molecule has 1 heterocycles. The molecule has 0 spiro atoms. The Hall–Kier alpha value is -2.82. The van der Waals surface area contributed by atoms with E-state index in [0.717, 1.165) is 22.3 Å². The Morgan fingerprint density at radius 1 is 0.679 bits per heavy atom. The standard InChI is InChI=1S/C22H18Cl2N4/c23-18-11-10-16(12-19(18)24)14-26-22-27-20-9-5-4-8-17(20)21(28-22)25-13-15-6-2-1-3-7-15/h1-12H,13-14H2,(H2,25,26,27,28). The van der Waals surface area contributed by atoms with E-state index in [1.54, 1.807) is 6.07 Å². The molecule has 4 aromatic rings. The van der Waals surface area contributed by atoms with E-state index in [1.807, 2.05) is 54.6 Å². The van der Waals surface area contributed by atoms with E-state index in [9.17, 15) is 0 Å². The van der Waals surface area contributed by atoms with Gasteiger partial charge in [0.25, 0.3) is 0 Å². The molecule has 0 saturated heterocycles. The van der Waals surface area contributed by atoms with Crippen molar-refractivity contribution in [2.24, 2.45) is 0 Å². The van der Waals surface area contributed by atoms with Gasteiger partial charge in [0, 0.05) is 18.5 Å². The molecule has 0 bridgehead atoms. The lowest BCUT2D eigenvalue weighted by atomic mass is 10.2. The third kappa shape index (κ3) is 4.35. The second kappa shape index (κ2) is 8.46. The summed E-state index contributed by atoms with van der Waals surface area (Å²) in [6.45, 7) is 1.24. The minimum Gasteiger partial charge on any atom is -0.365 e. The fourth-order valence-electron chi connectivity index (χ4n) is 2.90. The molecule has 4 nitrogen and oxygen atoms in total. The minimum absolute atomic E-state index is 0.533. The fraction of sp³-hybridized carbons (Fsp3) is 0.0909. The van der Waals surface area contributed by atoms with Crippen LogP contribution < -0.4 is 10.6 Å². The first-order chi connectivity index (χ1) is 13.7. The van der Waals surface area contributed by atoms with Gasteiger partial charge in [-0.3, -0.25) is 0 Å². The van der Waals surface area contributed by atoms with Gasteiger partial charge >= 0.3 is 0 Å². The van der Waals surface area contributed by atoms with Gasteiger partial charge in [-0.25, -0.2) is 4.98 Å². The van der Waals surface area contributed by atoms with Crippen molar-refractivity contribution in [3.8, 4) is 0 Å². The van der Waals surface area contributed by atoms with E-state index < -0.39 is 0 Å². The molecule has 0 fully saturated rings. The lowest BCUT2D eigenvalue weighted by Crippen LogP contribution is -2.08. The summed E-state index contributed by atoms with van der Waals surface area (Å²) < 4.78 is 0. The van der Waals surface area contributed by atoms with Crippen molar-refractivity contribution in [2.75, 3.05) is 10.6 Å². The second-order valence-corrected chi connectivity index (χ2v) is 7.17. The largest absolute Gasteiger partial charge is 0.365 e. The van der Waals surface area contributed by atoms with E-state index in [2.05, 4.69) is 32.7 Å². The zero-order chi connectivity index (χ0) is 19.3. The van der Waals surface area contributed by atoms with Crippen molar-refractivity contribution < 1.29 is 0 Å². The number of aromatic nitrogens is 2. The molecule has 1 aromatic heterocycles. The highest BCUT2D eigenvalue weighted by atomic mass is 35.5. The Morgan fingerprint density at radius 2 is 1.43 bits per heavy atom. The first kappa shape index (κ1) is 18.5. The topological polar surface area (TPSA) is 49.8 Å². The number of para-hydroxylation sites is 1. The van der Waals surface area contributed by atoms with Gasteiger partial charge < -0.3 is 10.6 Å². The van der Waals surface area contributed by atoms with E-state index in [-0.39, 0.29) is 0 Å². The number of rotatable bonds is 6. The third-order valence-corrected chi connectivity index (χ3v) is 5.08. The van der Waals surface area contributed by atoms with Crippen LogP contribution in [0.25, 0.3) is 10.9 Å². The zero-order valence-corrected chi connectivity index (χ0v) is 16.5. The van der Waals surface area contributed by atoms with E-state index in [4.69, 9.17) is 23.2 Å². The summed E-state index contributed by atoms with van der Waals surface area (Å²) in [5.74, 6) is 1.35. The molecule has 0 aliphatic carbocycles. The number of hydrogen-bond acceptors (Lipinski definition) is 4. The first-order valence-electron chi connectivity index (χ1n) is 8.91. The number of fused-ring (bicyclic) bond motifs is 1. The van der Waals surface area contributed by atoms with Crippen LogP contribution in [0.15, 0.2) is 72.8 Å². The predicted molar refractivity (Wildman–Crippen MR) is 117 cm³/mol. The summed E-state index contributed by atoms with van der Waals surface area (Å²) in [6.07, 6.45) is 0. The minimum atomic E-state index is 0.533. The van der Waals surface area contributed by atoms with Crippen LogP contribution in [0.2, 0.25) is 10.0 Å². The summed E-state index contributed by atoms with van der Waals surface area (Å²) in [5, 5.41) is 8.76. The molecule has 0 radical (unpaired) electrons. The van der Waals surface area contributed by atoms with Gasteiger partial charge in [0.15, 0.2) is 0 Å². The number of halogens is 2. The van der Waals surface area contributed by atoms with Crippen LogP contribution in [0.1, 0.15) is 11.1 Å².